The van der Waals surface area contributed by atoms with Gasteiger partial charge in [-0.1, -0.05) is 73.7 Å². The van der Waals surface area contributed by atoms with Crippen LogP contribution in [0.1, 0.15) is 39.5 Å². The SMILES string of the molecule is CCN.COc1ccc(C(OCc2ccc(C(=O)O)cc2)(c2ccccc2)c2ccc(OC)cc2)cc1. The van der Waals surface area contributed by atoms with Gasteiger partial charge in [-0.3, -0.25) is 0 Å². The number of aromatic carboxylic acids is 1. The molecule has 0 amide bonds. The van der Waals surface area contributed by atoms with Crippen LogP contribution in [0, 0.1) is 0 Å². The van der Waals surface area contributed by atoms with Crippen molar-refractivity contribution in [2.75, 3.05) is 20.8 Å². The van der Waals surface area contributed by atoms with Crippen LogP contribution in [0.3, 0.4) is 0 Å². The van der Waals surface area contributed by atoms with Gasteiger partial charge in [0.05, 0.1) is 26.4 Å². The van der Waals surface area contributed by atoms with Crippen LogP contribution in [0.5, 0.6) is 11.5 Å². The molecule has 3 N–H and O–H groups in total. The Morgan fingerprint density at radius 3 is 1.57 bits per heavy atom. The van der Waals surface area contributed by atoms with E-state index in [9.17, 15) is 9.90 Å². The van der Waals surface area contributed by atoms with Crippen LogP contribution in [0.4, 0.5) is 0 Å². The molecule has 192 valence electrons. The van der Waals surface area contributed by atoms with Crippen LogP contribution >= 0.6 is 0 Å². The molecule has 0 fully saturated rings. The quantitative estimate of drug-likeness (QED) is 0.280. The van der Waals surface area contributed by atoms with Crippen molar-refractivity contribution in [3.63, 3.8) is 0 Å². The van der Waals surface area contributed by atoms with Gasteiger partial charge < -0.3 is 25.1 Å². The second-order valence-electron chi connectivity index (χ2n) is 8.20. The van der Waals surface area contributed by atoms with E-state index >= 15 is 0 Å². The van der Waals surface area contributed by atoms with Crippen LogP contribution in [0.2, 0.25) is 0 Å². The Kier molecular flexibility index (Phi) is 9.84. The molecule has 4 aromatic carbocycles. The number of carbonyl (C=O) groups is 1. The molecule has 0 aromatic heterocycles. The van der Waals surface area contributed by atoms with Gasteiger partial charge in [-0.05, 0) is 65.2 Å². The Morgan fingerprint density at radius 2 is 1.16 bits per heavy atom. The molecule has 0 bridgehead atoms. The van der Waals surface area contributed by atoms with Crippen molar-refractivity contribution < 1.29 is 24.1 Å². The third-order valence-corrected chi connectivity index (χ3v) is 5.83. The van der Waals surface area contributed by atoms with Gasteiger partial charge in [0.1, 0.15) is 17.1 Å². The van der Waals surface area contributed by atoms with E-state index in [0.29, 0.717) is 0 Å². The van der Waals surface area contributed by atoms with Gasteiger partial charge in [-0.15, -0.1) is 0 Å². The van der Waals surface area contributed by atoms with Gasteiger partial charge in [0.2, 0.25) is 0 Å². The molecule has 0 saturated carbocycles. The van der Waals surface area contributed by atoms with Crippen molar-refractivity contribution in [1.29, 1.82) is 0 Å². The fourth-order valence-corrected chi connectivity index (χ4v) is 4.01. The number of benzene rings is 4. The lowest BCUT2D eigenvalue weighted by atomic mass is 9.80. The first-order valence-electron chi connectivity index (χ1n) is 12.0. The summed E-state index contributed by atoms with van der Waals surface area (Å²) in [4.78, 5) is 11.2. The molecule has 0 spiro atoms. The molecular weight excluding hydrogens is 466 g/mol. The monoisotopic (exact) mass is 499 g/mol. The number of carboxylic acids is 1. The van der Waals surface area contributed by atoms with Crippen molar-refractivity contribution in [3.8, 4) is 11.5 Å². The topological polar surface area (TPSA) is 91.0 Å². The molecule has 6 heteroatoms. The fraction of sp³-hybridized carbons (Fsp3) is 0.194. The number of methoxy groups -OCH3 is 2. The summed E-state index contributed by atoms with van der Waals surface area (Å²) >= 11 is 0. The first-order valence-corrected chi connectivity index (χ1v) is 12.0. The van der Waals surface area contributed by atoms with E-state index in [0.717, 1.165) is 40.3 Å². The van der Waals surface area contributed by atoms with E-state index in [1.54, 1.807) is 38.5 Å². The van der Waals surface area contributed by atoms with Crippen molar-refractivity contribution in [2.24, 2.45) is 5.73 Å². The van der Waals surface area contributed by atoms with Crippen LogP contribution in [-0.4, -0.2) is 31.8 Å². The molecule has 0 aliphatic carbocycles. The van der Waals surface area contributed by atoms with Crippen LogP contribution in [-0.2, 0) is 16.9 Å². The van der Waals surface area contributed by atoms with Crippen LogP contribution in [0.15, 0.2) is 103 Å². The zero-order chi connectivity index (χ0) is 26.7. The third-order valence-electron chi connectivity index (χ3n) is 5.83. The summed E-state index contributed by atoms with van der Waals surface area (Å²) < 4.78 is 17.5. The minimum atomic E-state index is -0.956. The van der Waals surface area contributed by atoms with Crippen molar-refractivity contribution in [3.05, 3.63) is 131 Å². The molecule has 0 aliphatic heterocycles. The lowest BCUT2D eigenvalue weighted by Crippen LogP contribution is -2.32. The normalized spacial score (nSPS) is 10.7. The Balaban J connectivity index is 0.00000121. The molecule has 0 heterocycles. The highest BCUT2D eigenvalue weighted by Gasteiger charge is 2.38. The summed E-state index contributed by atoms with van der Waals surface area (Å²) in [6.45, 7) is 2.92. The van der Waals surface area contributed by atoms with Gasteiger partial charge >= 0.3 is 5.97 Å². The van der Waals surface area contributed by atoms with Gasteiger partial charge in [0.15, 0.2) is 0 Å². The molecular formula is C31H33NO5. The van der Waals surface area contributed by atoms with E-state index in [-0.39, 0.29) is 12.2 Å². The molecule has 0 aliphatic rings. The fourth-order valence-electron chi connectivity index (χ4n) is 4.01. The second-order valence-corrected chi connectivity index (χ2v) is 8.20. The number of rotatable bonds is 9. The molecule has 4 aromatic rings. The predicted octanol–water partition coefficient (Wildman–Crippen LogP) is 5.88. The van der Waals surface area contributed by atoms with E-state index in [1.807, 2.05) is 85.8 Å². The number of hydrogen-bond donors (Lipinski definition) is 2. The zero-order valence-electron chi connectivity index (χ0n) is 21.4. The van der Waals surface area contributed by atoms with Gasteiger partial charge in [0, 0.05) is 0 Å². The van der Waals surface area contributed by atoms with E-state index in [4.69, 9.17) is 19.9 Å². The van der Waals surface area contributed by atoms with Gasteiger partial charge in [-0.2, -0.15) is 0 Å². The zero-order valence-corrected chi connectivity index (χ0v) is 21.4. The molecule has 0 atom stereocenters. The molecule has 0 saturated heterocycles. The number of hydrogen-bond acceptors (Lipinski definition) is 5. The minimum Gasteiger partial charge on any atom is -0.497 e. The smallest absolute Gasteiger partial charge is 0.335 e. The molecule has 0 unspecified atom stereocenters. The number of carboxylic acid groups (broad SMARTS) is 1. The van der Waals surface area contributed by atoms with Crippen LogP contribution < -0.4 is 15.2 Å². The summed E-state index contributed by atoms with van der Waals surface area (Å²) in [5.74, 6) is 0.553. The summed E-state index contributed by atoms with van der Waals surface area (Å²) in [5.41, 5.74) is 7.87. The largest absolute Gasteiger partial charge is 0.497 e. The number of ether oxygens (including phenoxy) is 3. The van der Waals surface area contributed by atoms with E-state index in [2.05, 4.69) is 0 Å². The maximum Gasteiger partial charge on any atom is 0.335 e. The van der Waals surface area contributed by atoms with Crippen molar-refractivity contribution in [1.82, 2.24) is 0 Å². The van der Waals surface area contributed by atoms with Crippen molar-refractivity contribution in [2.45, 2.75) is 19.1 Å². The first kappa shape index (κ1) is 27.5. The van der Waals surface area contributed by atoms with Gasteiger partial charge in [-0.25, -0.2) is 4.79 Å². The molecule has 0 radical (unpaired) electrons. The van der Waals surface area contributed by atoms with Gasteiger partial charge in [0.25, 0.3) is 0 Å². The predicted molar refractivity (Wildman–Crippen MR) is 145 cm³/mol. The molecule has 6 nitrogen and oxygen atoms in total. The summed E-state index contributed by atoms with van der Waals surface area (Å²) in [7, 11) is 3.28. The standard InChI is InChI=1S/C29H26O5.C2H7N/c1-32-26-16-12-24(13-17-26)29(23-6-4-3-5-7-23,25-14-18-27(33-2)19-15-25)34-20-21-8-10-22(11-9-21)28(30)31;1-2-3/h3-19H,20H2,1-2H3,(H,30,31);2-3H2,1H3. The maximum atomic E-state index is 11.2. The molecule has 4 rings (SSSR count). The molecule has 37 heavy (non-hydrogen) atoms. The summed E-state index contributed by atoms with van der Waals surface area (Å²) in [5, 5.41) is 9.21. The highest BCUT2D eigenvalue weighted by Crippen LogP contribution is 2.42. The highest BCUT2D eigenvalue weighted by atomic mass is 16.5. The Labute approximate surface area is 218 Å². The summed E-state index contributed by atoms with van der Waals surface area (Å²) in [6.07, 6.45) is 0. The average Bonchev–Trinajstić information content (AvgIpc) is 2.95. The lowest BCUT2D eigenvalue weighted by molar-refractivity contribution is 0.000178. The lowest BCUT2D eigenvalue weighted by Gasteiger charge is -2.36. The Hall–Kier alpha value is -4.13. The van der Waals surface area contributed by atoms with E-state index < -0.39 is 11.6 Å². The highest BCUT2D eigenvalue weighted by molar-refractivity contribution is 5.87. The Morgan fingerprint density at radius 1 is 0.730 bits per heavy atom. The minimum absolute atomic E-state index is 0.239. The van der Waals surface area contributed by atoms with E-state index in [1.165, 1.54) is 0 Å². The first-order chi connectivity index (χ1) is 18.0. The maximum absolute atomic E-state index is 11.2. The summed E-state index contributed by atoms with van der Waals surface area (Å²) in [6, 6.07) is 32.5. The second kappa shape index (κ2) is 13.3. The Bertz CT molecular complexity index is 1190. The third kappa shape index (κ3) is 6.55. The van der Waals surface area contributed by atoms with Crippen molar-refractivity contribution >= 4 is 5.97 Å². The average molecular weight is 500 g/mol. The number of nitrogens with two attached hydrogens (primary N) is 1. The van der Waals surface area contributed by atoms with Crippen LogP contribution in [0.25, 0.3) is 0 Å².